The Kier molecular flexibility index (Phi) is 8.67. The van der Waals surface area contributed by atoms with Gasteiger partial charge in [0.15, 0.2) is 0 Å². The number of nitrogens with one attached hydrogen (secondary N) is 1. The van der Waals surface area contributed by atoms with Gasteiger partial charge in [0, 0.05) is 24.8 Å². The molecular weight excluding hydrogens is 274 g/mol. The summed E-state index contributed by atoms with van der Waals surface area (Å²) in [5, 5.41) is 12.8. The van der Waals surface area contributed by atoms with Gasteiger partial charge in [-0.1, -0.05) is 44.0 Å². The third-order valence-electron chi connectivity index (χ3n) is 3.05. The highest BCUT2D eigenvalue weighted by molar-refractivity contribution is 6.32. The molecule has 0 spiro atoms. The first kappa shape index (κ1) is 17.3. The molecule has 3 nitrogen and oxygen atoms in total. The molecule has 20 heavy (non-hydrogen) atoms. The molecule has 0 fully saturated rings. The molecule has 1 rings (SSSR count). The Morgan fingerprint density at radius 3 is 2.65 bits per heavy atom. The van der Waals surface area contributed by atoms with Gasteiger partial charge in [-0.2, -0.15) is 0 Å². The van der Waals surface area contributed by atoms with Crippen molar-refractivity contribution in [3.63, 3.8) is 0 Å². The van der Waals surface area contributed by atoms with Gasteiger partial charge in [-0.15, -0.1) is 0 Å². The number of hydrogen-bond donors (Lipinski definition) is 2. The van der Waals surface area contributed by atoms with E-state index >= 15 is 0 Å². The second-order valence-corrected chi connectivity index (χ2v) is 5.66. The molecule has 114 valence electrons. The van der Waals surface area contributed by atoms with E-state index in [1.54, 1.807) is 0 Å². The highest BCUT2D eigenvalue weighted by Crippen LogP contribution is 2.29. The van der Waals surface area contributed by atoms with E-state index in [2.05, 4.69) is 19.2 Å². The molecule has 4 heteroatoms. The molecule has 0 bridgehead atoms. The lowest BCUT2D eigenvalue weighted by Crippen LogP contribution is -2.22. The van der Waals surface area contributed by atoms with E-state index in [0.29, 0.717) is 17.7 Å². The van der Waals surface area contributed by atoms with Crippen molar-refractivity contribution < 1.29 is 9.84 Å². The number of unbranched alkanes of at least 4 members (excludes halogenated alkanes) is 3. The summed E-state index contributed by atoms with van der Waals surface area (Å²) in [4.78, 5) is 0. The molecule has 0 unspecified atom stereocenters. The molecule has 0 saturated heterocycles. The third kappa shape index (κ3) is 6.60. The molecule has 1 aromatic carbocycles. The van der Waals surface area contributed by atoms with Crippen molar-refractivity contribution in [2.75, 3.05) is 13.2 Å². The number of rotatable bonds is 10. The van der Waals surface area contributed by atoms with Gasteiger partial charge in [0.1, 0.15) is 5.75 Å². The minimum Gasteiger partial charge on any atom is -0.492 e. The predicted octanol–water partition coefficient (Wildman–Crippen LogP) is 3.77. The highest BCUT2D eigenvalue weighted by atomic mass is 35.5. The molecule has 0 amide bonds. The van der Waals surface area contributed by atoms with Gasteiger partial charge in [-0.3, -0.25) is 0 Å². The monoisotopic (exact) mass is 299 g/mol. The Labute approximate surface area is 127 Å². The first-order valence-electron chi connectivity index (χ1n) is 7.39. The normalized spacial score (nSPS) is 11.1. The van der Waals surface area contributed by atoms with E-state index in [9.17, 15) is 0 Å². The molecule has 0 aliphatic carbocycles. The number of benzene rings is 1. The summed E-state index contributed by atoms with van der Waals surface area (Å²) < 4.78 is 5.85. The molecule has 0 atom stereocenters. The lowest BCUT2D eigenvalue weighted by atomic mass is 10.2. The van der Waals surface area contributed by atoms with Crippen molar-refractivity contribution in [2.24, 2.45) is 0 Å². The van der Waals surface area contributed by atoms with E-state index < -0.39 is 0 Å². The van der Waals surface area contributed by atoms with Crippen molar-refractivity contribution in [2.45, 2.75) is 52.1 Å². The fourth-order valence-corrected chi connectivity index (χ4v) is 2.16. The Hall–Kier alpha value is -0.770. The van der Waals surface area contributed by atoms with Crippen LogP contribution in [0.4, 0.5) is 0 Å². The fourth-order valence-electron chi connectivity index (χ4n) is 1.91. The smallest absolute Gasteiger partial charge is 0.142 e. The summed E-state index contributed by atoms with van der Waals surface area (Å²) in [5.41, 5.74) is 1.10. The number of para-hydroxylation sites is 1. The maximum absolute atomic E-state index is 8.72. The van der Waals surface area contributed by atoms with Crippen LogP contribution in [-0.2, 0) is 6.54 Å². The Morgan fingerprint density at radius 1 is 1.20 bits per heavy atom. The maximum Gasteiger partial charge on any atom is 0.142 e. The molecule has 0 heterocycles. The van der Waals surface area contributed by atoms with Gasteiger partial charge in [0.2, 0.25) is 0 Å². The largest absolute Gasteiger partial charge is 0.492 e. The quantitative estimate of drug-likeness (QED) is 0.646. The lowest BCUT2D eigenvalue weighted by molar-refractivity contribution is 0.272. The molecule has 0 aliphatic heterocycles. The van der Waals surface area contributed by atoms with Crippen LogP contribution in [0, 0.1) is 0 Å². The van der Waals surface area contributed by atoms with Gasteiger partial charge < -0.3 is 15.2 Å². The molecule has 0 saturated carbocycles. The summed E-state index contributed by atoms with van der Waals surface area (Å²) >= 11 is 6.22. The number of ether oxygens (including phenoxy) is 1. The van der Waals surface area contributed by atoms with Crippen molar-refractivity contribution >= 4 is 11.6 Å². The van der Waals surface area contributed by atoms with Crippen LogP contribution in [0.15, 0.2) is 18.2 Å². The van der Waals surface area contributed by atoms with Crippen molar-refractivity contribution in [3.8, 4) is 5.75 Å². The molecule has 0 aliphatic rings. The number of aliphatic hydroxyl groups is 1. The average molecular weight is 300 g/mol. The van der Waals surface area contributed by atoms with Gasteiger partial charge in [0.05, 0.1) is 11.6 Å². The van der Waals surface area contributed by atoms with Crippen LogP contribution in [0.1, 0.15) is 45.1 Å². The topological polar surface area (TPSA) is 41.5 Å². The second-order valence-electron chi connectivity index (χ2n) is 5.25. The standard InChI is InChI=1S/C16H26ClNO2/c1-13(2)18-12-14-8-7-9-15(17)16(14)20-11-6-4-3-5-10-19/h7-9,13,18-19H,3-6,10-12H2,1-2H3. The van der Waals surface area contributed by atoms with Crippen LogP contribution in [0.25, 0.3) is 0 Å². The van der Waals surface area contributed by atoms with Gasteiger partial charge >= 0.3 is 0 Å². The zero-order valence-corrected chi connectivity index (χ0v) is 13.2. The van der Waals surface area contributed by atoms with Crippen molar-refractivity contribution in [1.82, 2.24) is 5.32 Å². The van der Waals surface area contributed by atoms with Crippen molar-refractivity contribution in [3.05, 3.63) is 28.8 Å². The van der Waals surface area contributed by atoms with Gasteiger partial charge in [0.25, 0.3) is 0 Å². The SMILES string of the molecule is CC(C)NCc1cccc(Cl)c1OCCCCCCO. The molecule has 2 N–H and O–H groups in total. The summed E-state index contributed by atoms with van der Waals surface area (Å²) in [6.45, 7) is 5.94. The van der Waals surface area contributed by atoms with Gasteiger partial charge in [-0.25, -0.2) is 0 Å². The van der Waals surface area contributed by atoms with E-state index in [0.717, 1.165) is 43.5 Å². The molecule has 0 radical (unpaired) electrons. The van der Waals surface area contributed by atoms with E-state index in [1.165, 1.54) is 0 Å². The minimum absolute atomic E-state index is 0.274. The Bertz CT molecular complexity index is 383. The van der Waals surface area contributed by atoms with E-state index in [4.69, 9.17) is 21.4 Å². The van der Waals surface area contributed by atoms with Crippen LogP contribution in [0.2, 0.25) is 5.02 Å². The van der Waals surface area contributed by atoms with Crippen LogP contribution in [0.5, 0.6) is 5.75 Å². The van der Waals surface area contributed by atoms with Crippen LogP contribution < -0.4 is 10.1 Å². The lowest BCUT2D eigenvalue weighted by Gasteiger charge is -2.15. The second kappa shape index (κ2) is 10.0. The number of aliphatic hydroxyl groups excluding tert-OH is 1. The number of hydrogen-bond acceptors (Lipinski definition) is 3. The zero-order valence-electron chi connectivity index (χ0n) is 12.5. The average Bonchev–Trinajstić information content (AvgIpc) is 2.42. The summed E-state index contributed by atoms with van der Waals surface area (Å²) in [7, 11) is 0. The first-order valence-corrected chi connectivity index (χ1v) is 7.77. The molecule has 1 aromatic rings. The zero-order chi connectivity index (χ0) is 14.8. The minimum atomic E-state index is 0.274. The predicted molar refractivity (Wildman–Crippen MR) is 84.5 cm³/mol. The van der Waals surface area contributed by atoms with E-state index in [1.807, 2.05) is 18.2 Å². The summed E-state index contributed by atoms with van der Waals surface area (Å²) in [5.74, 6) is 0.796. The molecule has 0 aromatic heterocycles. The maximum atomic E-state index is 8.72. The molecular formula is C16H26ClNO2. The third-order valence-corrected chi connectivity index (χ3v) is 3.35. The van der Waals surface area contributed by atoms with E-state index in [-0.39, 0.29) is 6.61 Å². The van der Waals surface area contributed by atoms with Crippen LogP contribution in [0.3, 0.4) is 0 Å². The fraction of sp³-hybridized carbons (Fsp3) is 0.625. The Morgan fingerprint density at radius 2 is 1.95 bits per heavy atom. The first-order chi connectivity index (χ1) is 9.65. The summed E-state index contributed by atoms with van der Waals surface area (Å²) in [6.07, 6.45) is 3.98. The summed E-state index contributed by atoms with van der Waals surface area (Å²) in [6, 6.07) is 6.29. The number of halogens is 1. The van der Waals surface area contributed by atoms with Crippen LogP contribution >= 0.6 is 11.6 Å². The Balaban J connectivity index is 2.46. The van der Waals surface area contributed by atoms with Gasteiger partial charge in [-0.05, 0) is 25.3 Å². The van der Waals surface area contributed by atoms with Crippen LogP contribution in [-0.4, -0.2) is 24.4 Å². The highest BCUT2D eigenvalue weighted by Gasteiger charge is 2.08. The van der Waals surface area contributed by atoms with Crippen molar-refractivity contribution in [1.29, 1.82) is 0 Å².